The van der Waals surface area contributed by atoms with E-state index in [1.54, 1.807) is 6.07 Å². The van der Waals surface area contributed by atoms with Gasteiger partial charge in [0.2, 0.25) is 0 Å². The fourth-order valence-corrected chi connectivity index (χ4v) is 2.47. The van der Waals surface area contributed by atoms with Gasteiger partial charge in [-0.05, 0) is 42.0 Å². The van der Waals surface area contributed by atoms with E-state index in [4.69, 9.17) is 11.6 Å². The van der Waals surface area contributed by atoms with Crippen molar-refractivity contribution in [2.45, 2.75) is 6.54 Å². The van der Waals surface area contributed by atoms with Crippen LogP contribution in [0.4, 0.5) is 15.8 Å². The monoisotopic (exact) mass is 356 g/mol. The molecule has 0 aliphatic heterocycles. The zero-order valence-electron chi connectivity index (χ0n) is 11.3. The molecule has 0 fully saturated rings. The van der Waals surface area contributed by atoms with Crippen LogP contribution in [0.25, 0.3) is 0 Å². The molecule has 0 aliphatic rings. The lowest BCUT2D eigenvalue weighted by molar-refractivity contribution is 0.625. The summed E-state index contributed by atoms with van der Waals surface area (Å²) in [5, 5.41) is 3.96. The fourth-order valence-electron chi connectivity index (χ4n) is 1.91. The van der Waals surface area contributed by atoms with Crippen molar-refractivity contribution in [2.24, 2.45) is 0 Å². The number of rotatable bonds is 4. The van der Waals surface area contributed by atoms with Crippen LogP contribution < -0.4 is 10.2 Å². The van der Waals surface area contributed by atoms with Crippen molar-refractivity contribution in [1.29, 1.82) is 0 Å². The number of hydrogen-bond acceptors (Lipinski definition) is 2. The van der Waals surface area contributed by atoms with Gasteiger partial charge in [-0.25, -0.2) is 4.39 Å². The molecule has 0 saturated carbocycles. The van der Waals surface area contributed by atoms with Crippen LogP contribution in [-0.4, -0.2) is 14.1 Å². The Bertz CT molecular complexity index is 617. The molecular formula is C15H15BrClFN2. The van der Waals surface area contributed by atoms with Gasteiger partial charge in [0.1, 0.15) is 5.82 Å². The van der Waals surface area contributed by atoms with Crippen LogP contribution in [0.1, 0.15) is 5.56 Å². The lowest BCUT2D eigenvalue weighted by Gasteiger charge is -2.19. The topological polar surface area (TPSA) is 15.3 Å². The van der Waals surface area contributed by atoms with Gasteiger partial charge in [0.15, 0.2) is 0 Å². The van der Waals surface area contributed by atoms with Gasteiger partial charge in [-0.15, -0.1) is 0 Å². The highest BCUT2D eigenvalue weighted by atomic mass is 79.9. The van der Waals surface area contributed by atoms with Crippen LogP contribution in [0.15, 0.2) is 40.9 Å². The van der Waals surface area contributed by atoms with Crippen LogP contribution >= 0.6 is 27.5 Å². The molecule has 0 saturated heterocycles. The van der Waals surface area contributed by atoms with Gasteiger partial charge in [-0.3, -0.25) is 0 Å². The first kappa shape index (κ1) is 15.1. The quantitative estimate of drug-likeness (QED) is 0.835. The Kier molecular flexibility index (Phi) is 4.89. The number of nitrogens with zero attached hydrogens (tertiary/aromatic N) is 1. The molecule has 1 N–H and O–H groups in total. The van der Waals surface area contributed by atoms with Gasteiger partial charge in [-0.2, -0.15) is 0 Å². The average Bonchev–Trinajstić information content (AvgIpc) is 2.39. The van der Waals surface area contributed by atoms with Gasteiger partial charge in [0, 0.05) is 30.1 Å². The average molecular weight is 358 g/mol. The first-order valence-electron chi connectivity index (χ1n) is 6.12. The molecule has 0 radical (unpaired) electrons. The highest BCUT2D eigenvalue weighted by Crippen LogP contribution is 2.29. The smallest absolute Gasteiger partial charge is 0.123 e. The number of hydrogen-bond donors (Lipinski definition) is 1. The maximum atomic E-state index is 13.3. The minimum atomic E-state index is -0.246. The largest absolute Gasteiger partial charge is 0.379 e. The fraction of sp³-hybridized carbons (Fsp3) is 0.200. The molecule has 2 rings (SSSR count). The predicted molar refractivity (Wildman–Crippen MR) is 87.2 cm³/mol. The van der Waals surface area contributed by atoms with Gasteiger partial charge < -0.3 is 10.2 Å². The highest BCUT2D eigenvalue weighted by molar-refractivity contribution is 9.10. The summed E-state index contributed by atoms with van der Waals surface area (Å²) in [7, 11) is 3.93. The van der Waals surface area contributed by atoms with Crippen molar-refractivity contribution in [3.63, 3.8) is 0 Å². The van der Waals surface area contributed by atoms with Crippen molar-refractivity contribution >= 4 is 38.9 Å². The van der Waals surface area contributed by atoms with Crippen LogP contribution in [0.2, 0.25) is 5.02 Å². The normalized spacial score (nSPS) is 10.4. The van der Waals surface area contributed by atoms with Crippen LogP contribution in [0.5, 0.6) is 0 Å². The summed E-state index contributed by atoms with van der Waals surface area (Å²) in [6.07, 6.45) is 0. The lowest BCUT2D eigenvalue weighted by atomic mass is 10.2. The van der Waals surface area contributed by atoms with Crippen molar-refractivity contribution in [3.8, 4) is 0 Å². The number of benzene rings is 2. The van der Waals surface area contributed by atoms with E-state index in [1.807, 2.05) is 37.2 Å². The summed E-state index contributed by atoms with van der Waals surface area (Å²) < 4.78 is 14.1. The SMILES string of the molecule is CN(C)c1ccc(Cl)cc1NCc1cc(F)ccc1Br. The lowest BCUT2D eigenvalue weighted by Crippen LogP contribution is -2.12. The summed E-state index contributed by atoms with van der Waals surface area (Å²) in [5.41, 5.74) is 2.80. The summed E-state index contributed by atoms with van der Waals surface area (Å²) in [5.74, 6) is -0.246. The molecule has 0 bridgehead atoms. The Morgan fingerprint density at radius 2 is 1.95 bits per heavy atom. The Balaban J connectivity index is 2.22. The van der Waals surface area contributed by atoms with Gasteiger partial charge in [0.25, 0.3) is 0 Å². The first-order chi connectivity index (χ1) is 9.47. The van der Waals surface area contributed by atoms with Gasteiger partial charge >= 0.3 is 0 Å². The Morgan fingerprint density at radius 1 is 1.20 bits per heavy atom. The van der Waals surface area contributed by atoms with Crippen LogP contribution in [-0.2, 0) is 6.54 Å². The zero-order valence-corrected chi connectivity index (χ0v) is 13.6. The maximum absolute atomic E-state index is 13.3. The van der Waals surface area contributed by atoms with Crippen LogP contribution in [0, 0.1) is 5.82 Å². The summed E-state index contributed by atoms with van der Waals surface area (Å²) in [6, 6.07) is 10.3. The molecule has 5 heteroatoms. The molecule has 106 valence electrons. The van der Waals surface area contributed by atoms with Gasteiger partial charge in [-0.1, -0.05) is 27.5 Å². The minimum absolute atomic E-state index is 0.246. The summed E-state index contributed by atoms with van der Waals surface area (Å²) in [6.45, 7) is 0.513. The maximum Gasteiger partial charge on any atom is 0.123 e. The number of anilines is 2. The number of halogens is 3. The molecule has 0 unspecified atom stereocenters. The zero-order chi connectivity index (χ0) is 14.7. The molecule has 2 aromatic rings. The molecular weight excluding hydrogens is 343 g/mol. The van der Waals surface area contributed by atoms with Gasteiger partial charge in [0.05, 0.1) is 11.4 Å². The van der Waals surface area contributed by atoms with E-state index in [0.29, 0.717) is 11.6 Å². The number of nitrogens with one attached hydrogen (secondary N) is 1. The van der Waals surface area contributed by atoms with E-state index >= 15 is 0 Å². The van der Waals surface area contributed by atoms with E-state index in [-0.39, 0.29) is 5.82 Å². The van der Waals surface area contributed by atoms with Crippen molar-refractivity contribution in [2.75, 3.05) is 24.3 Å². The second-order valence-electron chi connectivity index (χ2n) is 4.65. The highest BCUT2D eigenvalue weighted by Gasteiger charge is 2.07. The summed E-state index contributed by atoms with van der Waals surface area (Å²) >= 11 is 9.45. The molecule has 0 heterocycles. The van der Waals surface area contributed by atoms with Crippen molar-refractivity contribution in [3.05, 3.63) is 57.3 Å². The molecule has 2 aromatic carbocycles. The third kappa shape index (κ3) is 3.64. The molecule has 0 atom stereocenters. The Hall–Kier alpha value is -1.26. The Labute approximate surface area is 131 Å². The Morgan fingerprint density at radius 3 is 2.65 bits per heavy atom. The first-order valence-corrected chi connectivity index (χ1v) is 7.29. The second kappa shape index (κ2) is 6.46. The van der Waals surface area contributed by atoms with E-state index in [1.165, 1.54) is 12.1 Å². The molecule has 20 heavy (non-hydrogen) atoms. The predicted octanol–water partition coefficient (Wildman–Crippen LogP) is 4.92. The van der Waals surface area contributed by atoms with E-state index in [2.05, 4.69) is 21.2 Å². The minimum Gasteiger partial charge on any atom is -0.379 e. The standard InChI is InChI=1S/C15H15BrClFN2/c1-20(2)15-6-3-11(17)8-14(15)19-9-10-7-12(18)4-5-13(10)16/h3-8,19H,9H2,1-2H3. The summed E-state index contributed by atoms with van der Waals surface area (Å²) in [4.78, 5) is 2.00. The molecule has 2 nitrogen and oxygen atoms in total. The van der Waals surface area contributed by atoms with Crippen molar-refractivity contribution < 1.29 is 4.39 Å². The molecule has 0 aromatic heterocycles. The van der Waals surface area contributed by atoms with Crippen molar-refractivity contribution in [1.82, 2.24) is 0 Å². The third-order valence-corrected chi connectivity index (χ3v) is 3.93. The third-order valence-electron chi connectivity index (χ3n) is 2.92. The molecule has 0 spiro atoms. The molecule has 0 aliphatic carbocycles. The van der Waals surface area contributed by atoms with E-state index in [9.17, 15) is 4.39 Å². The molecule has 0 amide bonds. The van der Waals surface area contributed by atoms with Crippen LogP contribution in [0.3, 0.4) is 0 Å². The van der Waals surface area contributed by atoms with E-state index < -0.39 is 0 Å². The second-order valence-corrected chi connectivity index (χ2v) is 5.94. The van der Waals surface area contributed by atoms with E-state index in [0.717, 1.165) is 21.4 Å².